The number of nitrogens with zero attached hydrogens (tertiary/aromatic N) is 3. The molecule has 2 atom stereocenters. The third-order valence-corrected chi connectivity index (χ3v) is 4.59. The van der Waals surface area contributed by atoms with Crippen LogP contribution in [0.2, 0.25) is 0 Å². The summed E-state index contributed by atoms with van der Waals surface area (Å²) in [7, 11) is -3.22. The van der Waals surface area contributed by atoms with Gasteiger partial charge in [0.15, 0.2) is 0 Å². The number of urea groups is 1. The molecule has 2 aliphatic heterocycles. The molecule has 2 bridgehead atoms. The van der Waals surface area contributed by atoms with E-state index in [-0.39, 0.29) is 12.5 Å². The second-order valence-electron chi connectivity index (χ2n) is 5.74. The lowest BCUT2D eigenvalue weighted by atomic mass is 10.00. The van der Waals surface area contributed by atoms with Crippen LogP contribution < -0.4 is 10.4 Å². The first-order valence-electron chi connectivity index (χ1n) is 7.65. The number of rotatable bonds is 5. The lowest BCUT2D eigenvalue weighted by Crippen LogP contribution is -2.54. The van der Waals surface area contributed by atoms with E-state index in [0.29, 0.717) is 23.6 Å². The van der Waals surface area contributed by atoms with Gasteiger partial charge in [0.25, 0.3) is 5.91 Å². The summed E-state index contributed by atoms with van der Waals surface area (Å²) < 4.78 is 35.0. The van der Waals surface area contributed by atoms with Gasteiger partial charge < -0.3 is 4.90 Å². The molecule has 0 spiro atoms. The molecule has 2 fully saturated rings. The van der Waals surface area contributed by atoms with E-state index >= 15 is 0 Å². The van der Waals surface area contributed by atoms with Gasteiger partial charge in [0.05, 0.1) is 11.7 Å². The first-order valence-corrected chi connectivity index (χ1v) is 9.01. The fraction of sp³-hybridized carbons (Fsp3) is 0.429. The van der Waals surface area contributed by atoms with E-state index in [9.17, 15) is 18.0 Å². The Hall–Kier alpha value is -2.21. The van der Waals surface area contributed by atoms with Crippen molar-refractivity contribution in [1.29, 1.82) is 0 Å². The minimum Gasteiger partial charge on any atom is -0.309 e. The number of carbonyl (C=O) groups is 2. The predicted molar refractivity (Wildman–Crippen MR) is 86.4 cm³/mol. The summed E-state index contributed by atoms with van der Waals surface area (Å²) in [6.45, 7) is 0.150. The number of fused-ring (bicyclic) bond motifs is 2. The minimum absolute atomic E-state index is 0.150. The third kappa shape index (κ3) is 3.44. The van der Waals surface area contributed by atoms with E-state index in [1.807, 2.05) is 6.07 Å². The zero-order chi connectivity index (χ0) is 18.2. The van der Waals surface area contributed by atoms with Gasteiger partial charge in [-0.1, -0.05) is 18.2 Å². The van der Waals surface area contributed by atoms with Crippen molar-refractivity contribution in [2.75, 3.05) is 18.6 Å². The molecule has 1 aromatic rings. The summed E-state index contributed by atoms with van der Waals surface area (Å²) in [6, 6.07) is 6.84. The van der Waals surface area contributed by atoms with Crippen LogP contribution >= 0.6 is 0 Å². The highest BCUT2D eigenvalue weighted by Crippen LogP contribution is 2.31. The highest BCUT2D eigenvalue weighted by atomic mass is 32.3. The highest BCUT2D eigenvalue weighted by molar-refractivity contribution is 7.80. The van der Waals surface area contributed by atoms with E-state index in [4.69, 9.17) is 4.55 Å². The molecule has 25 heavy (non-hydrogen) atoms. The van der Waals surface area contributed by atoms with Crippen LogP contribution in [0.25, 0.3) is 0 Å². The molecule has 11 heteroatoms. The number of benzene rings is 1. The van der Waals surface area contributed by atoms with Gasteiger partial charge in [-0.3, -0.25) is 9.35 Å². The largest absolute Gasteiger partial charge is 0.418 e. The number of carbonyl (C=O) groups excluding carboxylic acids is 2. The van der Waals surface area contributed by atoms with Gasteiger partial charge in [0, 0.05) is 13.6 Å². The Kier molecular flexibility index (Phi) is 4.64. The molecule has 2 saturated heterocycles. The molecule has 0 aliphatic carbocycles. The summed E-state index contributed by atoms with van der Waals surface area (Å²) in [4.78, 5) is 26.5. The number of hydrogen-bond acceptors (Lipinski definition) is 6. The van der Waals surface area contributed by atoms with Crippen molar-refractivity contribution in [1.82, 2.24) is 15.4 Å². The Balaban J connectivity index is 1.80. The molecule has 136 valence electrons. The molecule has 3 rings (SSSR count). The minimum atomic E-state index is -4.81. The molecule has 0 radical (unpaired) electrons. The third-order valence-electron chi connectivity index (χ3n) is 4.24. The highest BCUT2D eigenvalue weighted by Gasteiger charge is 2.50. The zero-order valence-corrected chi connectivity index (χ0v) is 14.2. The second-order valence-corrected chi connectivity index (χ2v) is 6.75. The van der Waals surface area contributed by atoms with Crippen molar-refractivity contribution in [3.05, 3.63) is 30.3 Å². The maximum absolute atomic E-state index is 12.9. The van der Waals surface area contributed by atoms with Crippen LogP contribution in [0.5, 0.6) is 0 Å². The molecule has 2 N–H and O–H groups in total. The molecule has 0 aromatic heterocycles. The molecule has 2 aliphatic rings. The van der Waals surface area contributed by atoms with Gasteiger partial charge in [-0.2, -0.15) is 13.5 Å². The summed E-state index contributed by atoms with van der Waals surface area (Å²) in [5.74, 6) is -0.339. The Morgan fingerprint density at radius 1 is 1.32 bits per heavy atom. The standard InChI is InChI=1S/C14H18N4O6S/c1-15-17(10-5-3-2-4-6-10)13(19)12-8-7-11-9-16(12)14(20)18(11)24-25(21,22)23/h2-6,11-12,15H,7-9H2,1H3,(H,21,22,23)/t11-,12+/m1/s1. The molecule has 1 aromatic carbocycles. The van der Waals surface area contributed by atoms with E-state index < -0.39 is 28.5 Å². The van der Waals surface area contributed by atoms with Crippen LogP contribution in [0.15, 0.2) is 30.3 Å². The van der Waals surface area contributed by atoms with E-state index in [2.05, 4.69) is 9.71 Å². The first-order chi connectivity index (χ1) is 11.8. The monoisotopic (exact) mass is 370 g/mol. The van der Waals surface area contributed by atoms with Crippen molar-refractivity contribution in [3.8, 4) is 0 Å². The molecule has 2 heterocycles. The van der Waals surface area contributed by atoms with Crippen molar-refractivity contribution >= 4 is 28.0 Å². The summed E-state index contributed by atoms with van der Waals surface area (Å²) in [6.07, 6.45) is 0.728. The Bertz CT molecular complexity index is 771. The maximum Gasteiger partial charge on any atom is 0.418 e. The maximum atomic E-state index is 12.9. The summed E-state index contributed by atoms with van der Waals surface area (Å²) in [5.41, 5.74) is 3.42. The Morgan fingerprint density at radius 3 is 2.60 bits per heavy atom. The van der Waals surface area contributed by atoms with Crippen LogP contribution in [-0.2, 0) is 19.5 Å². The average molecular weight is 370 g/mol. The van der Waals surface area contributed by atoms with Gasteiger partial charge in [-0.15, -0.1) is 4.28 Å². The summed E-state index contributed by atoms with van der Waals surface area (Å²) in [5, 5.41) is 1.96. The van der Waals surface area contributed by atoms with Crippen LogP contribution in [0, 0.1) is 0 Å². The van der Waals surface area contributed by atoms with Crippen molar-refractivity contribution in [2.45, 2.75) is 24.9 Å². The number of amides is 3. The Labute approximate surface area is 144 Å². The average Bonchev–Trinajstić information content (AvgIpc) is 2.80. The zero-order valence-electron chi connectivity index (χ0n) is 13.4. The van der Waals surface area contributed by atoms with Crippen molar-refractivity contribution in [2.24, 2.45) is 0 Å². The lowest BCUT2D eigenvalue weighted by molar-refractivity contribution is -0.124. The first kappa shape index (κ1) is 17.6. The number of nitrogens with one attached hydrogen (secondary N) is 1. The van der Waals surface area contributed by atoms with E-state index in [1.165, 1.54) is 9.91 Å². The van der Waals surface area contributed by atoms with Gasteiger partial charge in [-0.25, -0.2) is 15.2 Å². The van der Waals surface area contributed by atoms with Crippen LogP contribution in [0.1, 0.15) is 12.8 Å². The number of piperidine rings is 1. The number of hydrogen-bond donors (Lipinski definition) is 2. The SMILES string of the molecule is CNN(C(=O)[C@@H]1CC[C@@H]2CN1C(=O)N2OS(=O)(=O)O)c1ccccc1. The van der Waals surface area contributed by atoms with Crippen molar-refractivity contribution < 1.29 is 26.8 Å². The van der Waals surface area contributed by atoms with Gasteiger partial charge in [0.2, 0.25) is 0 Å². The van der Waals surface area contributed by atoms with E-state index in [0.717, 1.165) is 0 Å². The van der Waals surface area contributed by atoms with Gasteiger partial charge in [-0.05, 0) is 25.0 Å². The number of para-hydroxylation sites is 1. The second kappa shape index (κ2) is 6.59. The van der Waals surface area contributed by atoms with E-state index in [1.54, 1.807) is 31.3 Å². The summed E-state index contributed by atoms with van der Waals surface area (Å²) >= 11 is 0. The van der Waals surface area contributed by atoms with Crippen LogP contribution in [0.4, 0.5) is 10.5 Å². The Morgan fingerprint density at radius 2 is 2.00 bits per heavy atom. The number of anilines is 1. The van der Waals surface area contributed by atoms with Gasteiger partial charge >= 0.3 is 16.4 Å². The fourth-order valence-corrected chi connectivity index (χ4v) is 3.57. The topological polar surface area (TPSA) is 119 Å². The number of hydrazine groups is 1. The molecule has 0 unspecified atom stereocenters. The van der Waals surface area contributed by atoms with Crippen molar-refractivity contribution in [3.63, 3.8) is 0 Å². The predicted octanol–water partition coefficient (Wildman–Crippen LogP) is 0.157. The lowest BCUT2D eigenvalue weighted by Gasteiger charge is -2.33. The molecule has 10 nitrogen and oxygen atoms in total. The molecular formula is C14H18N4O6S. The molecule has 0 saturated carbocycles. The van der Waals surface area contributed by atoms with Crippen LogP contribution in [-0.4, -0.2) is 60.5 Å². The smallest absolute Gasteiger partial charge is 0.309 e. The molecule has 3 amide bonds. The normalized spacial score (nSPS) is 23.0. The fourth-order valence-electron chi connectivity index (χ4n) is 3.18. The number of hydroxylamine groups is 2. The van der Waals surface area contributed by atoms with Gasteiger partial charge in [0.1, 0.15) is 6.04 Å². The quantitative estimate of drug-likeness (QED) is 0.559. The molecular weight excluding hydrogens is 352 g/mol. The van der Waals surface area contributed by atoms with Crippen LogP contribution in [0.3, 0.4) is 0 Å².